The van der Waals surface area contributed by atoms with Crippen LogP contribution in [0.2, 0.25) is 0 Å². The second kappa shape index (κ2) is 5.97. The van der Waals surface area contributed by atoms with Crippen LogP contribution in [-0.4, -0.2) is 27.2 Å². The number of aromatic carboxylic acids is 1. The molecule has 18 heavy (non-hydrogen) atoms. The number of carbonyl (C=O) groups is 1. The van der Waals surface area contributed by atoms with Gasteiger partial charge in [-0.05, 0) is 17.7 Å². The molecule has 0 aliphatic rings. The summed E-state index contributed by atoms with van der Waals surface area (Å²) in [5.74, 6) is -0.893. The van der Waals surface area contributed by atoms with Crippen LogP contribution in [-0.2, 0) is 13.1 Å². The molecule has 5 nitrogen and oxygen atoms in total. The molecular weight excluding hydrogens is 230 g/mol. The van der Waals surface area contributed by atoms with Crippen molar-refractivity contribution in [3.8, 4) is 0 Å². The van der Waals surface area contributed by atoms with E-state index in [0.29, 0.717) is 12.1 Å². The number of rotatable bonds is 6. The number of aromatic nitrogens is 2. The Labute approximate surface area is 105 Å². The maximum Gasteiger partial charge on any atom is 0.335 e. The minimum Gasteiger partial charge on any atom is -0.478 e. The van der Waals surface area contributed by atoms with Crippen molar-refractivity contribution in [1.29, 1.82) is 0 Å². The van der Waals surface area contributed by atoms with Gasteiger partial charge in [-0.25, -0.2) is 9.78 Å². The molecule has 0 aliphatic carbocycles. The maximum absolute atomic E-state index is 10.8. The number of nitrogens with zero attached hydrogens (tertiary/aromatic N) is 2. The molecule has 2 rings (SSSR count). The standard InChI is InChI=1S/C13H15N3O2/c17-13(18)12-3-1-2-11(8-12)9-14-4-6-16-7-5-15-10-16/h1-3,5,7-8,10,14H,4,6,9H2,(H,17,18). The molecule has 0 unspecified atom stereocenters. The van der Waals surface area contributed by atoms with Crippen molar-refractivity contribution < 1.29 is 9.90 Å². The van der Waals surface area contributed by atoms with Crippen molar-refractivity contribution in [2.75, 3.05) is 6.54 Å². The van der Waals surface area contributed by atoms with Gasteiger partial charge in [0.05, 0.1) is 11.9 Å². The Morgan fingerprint density at radius 1 is 1.44 bits per heavy atom. The fraction of sp³-hybridized carbons (Fsp3) is 0.231. The molecule has 0 spiro atoms. The van der Waals surface area contributed by atoms with Crippen LogP contribution in [0, 0.1) is 0 Å². The number of carboxylic acids is 1. The highest BCUT2D eigenvalue weighted by molar-refractivity contribution is 5.87. The molecule has 0 bridgehead atoms. The second-order valence-corrected chi connectivity index (χ2v) is 3.98. The quantitative estimate of drug-likeness (QED) is 0.754. The van der Waals surface area contributed by atoms with Crippen LogP contribution in [0.5, 0.6) is 0 Å². The lowest BCUT2D eigenvalue weighted by Gasteiger charge is -2.06. The lowest BCUT2D eigenvalue weighted by Crippen LogP contribution is -2.19. The van der Waals surface area contributed by atoms with Crippen molar-refractivity contribution >= 4 is 5.97 Å². The Kier molecular flexibility index (Phi) is 4.09. The highest BCUT2D eigenvalue weighted by atomic mass is 16.4. The summed E-state index contributed by atoms with van der Waals surface area (Å²) in [7, 11) is 0. The normalized spacial score (nSPS) is 10.4. The van der Waals surface area contributed by atoms with Gasteiger partial charge in [-0.15, -0.1) is 0 Å². The average molecular weight is 245 g/mol. The summed E-state index contributed by atoms with van der Waals surface area (Å²) in [6.45, 7) is 2.32. The summed E-state index contributed by atoms with van der Waals surface area (Å²) in [6, 6.07) is 6.96. The van der Waals surface area contributed by atoms with E-state index >= 15 is 0 Å². The Morgan fingerprint density at radius 2 is 2.33 bits per heavy atom. The minimum absolute atomic E-state index is 0.323. The first-order valence-electron chi connectivity index (χ1n) is 5.74. The van der Waals surface area contributed by atoms with Gasteiger partial charge in [-0.3, -0.25) is 0 Å². The highest BCUT2D eigenvalue weighted by Crippen LogP contribution is 2.04. The molecule has 0 atom stereocenters. The fourth-order valence-corrected chi connectivity index (χ4v) is 1.67. The summed E-state index contributed by atoms with van der Waals surface area (Å²) in [5.41, 5.74) is 1.30. The van der Waals surface area contributed by atoms with Crippen LogP contribution in [0.1, 0.15) is 15.9 Å². The fourth-order valence-electron chi connectivity index (χ4n) is 1.67. The van der Waals surface area contributed by atoms with Gasteiger partial charge in [-0.1, -0.05) is 12.1 Å². The molecule has 5 heteroatoms. The Morgan fingerprint density at radius 3 is 3.06 bits per heavy atom. The number of nitrogens with one attached hydrogen (secondary N) is 1. The molecule has 0 saturated carbocycles. The predicted molar refractivity (Wildman–Crippen MR) is 67.3 cm³/mol. The molecule has 0 aliphatic heterocycles. The Bertz CT molecular complexity index is 509. The summed E-state index contributed by atoms with van der Waals surface area (Å²) in [6.07, 6.45) is 5.43. The minimum atomic E-state index is -0.893. The van der Waals surface area contributed by atoms with Gasteiger partial charge < -0.3 is 15.0 Å². The third-order valence-electron chi connectivity index (χ3n) is 2.61. The van der Waals surface area contributed by atoms with Crippen LogP contribution >= 0.6 is 0 Å². The number of benzene rings is 1. The second-order valence-electron chi connectivity index (χ2n) is 3.98. The summed E-state index contributed by atoms with van der Waals surface area (Å²) >= 11 is 0. The summed E-state index contributed by atoms with van der Waals surface area (Å²) in [5, 5.41) is 12.1. The van der Waals surface area contributed by atoms with E-state index in [4.69, 9.17) is 5.11 Å². The van der Waals surface area contributed by atoms with E-state index in [-0.39, 0.29) is 0 Å². The molecule has 1 aromatic carbocycles. The lowest BCUT2D eigenvalue weighted by molar-refractivity contribution is 0.0696. The van der Waals surface area contributed by atoms with Crippen molar-refractivity contribution in [3.63, 3.8) is 0 Å². The van der Waals surface area contributed by atoms with E-state index in [1.165, 1.54) is 0 Å². The van der Waals surface area contributed by atoms with Gasteiger partial charge in [-0.2, -0.15) is 0 Å². The third kappa shape index (κ3) is 3.43. The van der Waals surface area contributed by atoms with Crippen LogP contribution in [0.4, 0.5) is 0 Å². The summed E-state index contributed by atoms with van der Waals surface area (Å²) < 4.78 is 1.99. The monoisotopic (exact) mass is 245 g/mol. The molecule has 94 valence electrons. The SMILES string of the molecule is O=C(O)c1cccc(CNCCn2ccnc2)c1. The van der Waals surface area contributed by atoms with Crippen LogP contribution < -0.4 is 5.32 Å². The van der Waals surface area contributed by atoms with Crippen LogP contribution in [0.15, 0.2) is 43.0 Å². The average Bonchev–Trinajstić information content (AvgIpc) is 2.88. The van der Waals surface area contributed by atoms with Gasteiger partial charge in [0, 0.05) is 32.0 Å². The van der Waals surface area contributed by atoms with Crippen LogP contribution in [0.3, 0.4) is 0 Å². The van der Waals surface area contributed by atoms with Gasteiger partial charge in [0.1, 0.15) is 0 Å². The molecule has 0 saturated heterocycles. The zero-order valence-corrected chi connectivity index (χ0v) is 9.91. The van der Waals surface area contributed by atoms with E-state index in [0.717, 1.165) is 18.7 Å². The Hall–Kier alpha value is -2.14. The van der Waals surface area contributed by atoms with Crippen molar-refractivity contribution in [3.05, 3.63) is 54.1 Å². The van der Waals surface area contributed by atoms with Crippen molar-refractivity contribution in [2.45, 2.75) is 13.1 Å². The molecule has 2 N–H and O–H groups in total. The molecule has 0 amide bonds. The number of hydrogen-bond donors (Lipinski definition) is 2. The molecule has 0 radical (unpaired) electrons. The summed E-state index contributed by atoms with van der Waals surface area (Å²) in [4.78, 5) is 14.8. The van der Waals surface area contributed by atoms with Crippen molar-refractivity contribution in [1.82, 2.24) is 14.9 Å². The maximum atomic E-state index is 10.8. The third-order valence-corrected chi connectivity index (χ3v) is 2.61. The van der Waals surface area contributed by atoms with Crippen LogP contribution in [0.25, 0.3) is 0 Å². The lowest BCUT2D eigenvalue weighted by atomic mass is 10.1. The zero-order chi connectivity index (χ0) is 12.8. The highest BCUT2D eigenvalue weighted by Gasteiger charge is 2.02. The van der Waals surface area contributed by atoms with E-state index in [2.05, 4.69) is 10.3 Å². The molecule has 1 heterocycles. The van der Waals surface area contributed by atoms with Gasteiger partial charge in [0.25, 0.3) is 0 Å². The van der Waals surface area contributed by atoms with Gasteiger partial charge in [0.15, 0.2) is 0 Å². The van der Waals surface area contributed by atoms with Crippen molar-refractivity contribution in [2.24, 2.45) is 0 Å². The molecule has 2 aromatic rings. The van der Waals surface area contributed by atoms with E-state index in [9.17, 15) is 4.79 Å². The predicted octanol–water partition coefficient (Wildman–Crippen LogP) is 1.37. The van der Waals surface area contributed by atoms with E-state index in [1.807, 2.05) is 16.8 Å². The topological polar surface area (TPSA) is 67.2 Å². The first-order valence-corrected chi connectivity index (χ1v) is 5.74. The molecular formula is C13H15N3O2. The molecule has 0 fully saturated rings. The number of carboxylic acid groups (broad SMARTS) is 1. The largest absolute Gasteiger partial charge is 0.478 e. The zero-order valence-electron chi connectivity index (χ0n) is 9.91. The first kappa shape index (κ1) is 12.3. The van der Waals surface area contributed by atoms with Gasteiger partial charge in [0.2, 0.25) is 0 Å². The first-order chi connectivity index (χ1) is 8.75. The number of hydrogen-bond acceptors (Lipinski definition) is 3. The van der Waals surface area contributed by atoms with Gasteiger partial charge >= 0.3 is 5.97 Å². The van der Waals surface area contributed by atoms with E-state index < -0.39 is 5.97 Å². The van der Waals surface area contributed by atoms with E-state index in [1.54, 1.807) is 30.7 Å². The number of imidazole rings is 1. The smallest absolute Gasteiger partial charge is 0.335 e. The molecule has 1 aromatic heterocycles. The Balaban J connectivity index is 1.79.